The highest BCUT2D eigenvalue weighted by molar-refractivity contribution is 7.92. The topological polar surface area (TPSA) is 80.5 Å². The smallest absolute Gasteiger partial charge is 0.257 e. The van der Waals surface area contributed by atoms with Crippen LogP contribution >= 0.6 is 11.6 Å². The zero-order valence-corrected chi connectivity index (χ0v) is 19.0. The van der Waals surface area contributed by atoms with E-state index in [-0.39, 0.29) is 0 Å². The van der Waals surface area contributed by atoms with E-state index in [1.165, 1.54) is 6.26 Å². The van der Waals surface area contributed by atoms with E-state index in [1.54, 1.807) is 24.6 Å². The molecule has 2 heterocycles. The summed E-state index contributed by atoms with van der Waals surface area (Å²) in [6.07, 6.45) is 2.79. The normalized spacial score (nSPS) is 12.0. The molecule has 0 N–H and O–H groups in total. The van der Waals surface area contributed by atoms with Gasteiger partial charge in [-0.05, 0) is 50.2 Å². The maximum Gasteiger partial charge on any atom is 0.257 e. The Hall–Kier alpha value is -3.15. The van der Waals surface area contributed by atoms with E-state index >= 15 is 0 Å². The van der Waals surface area contributed by atoms with E-state index in [4.69, 9.17) is 11.6 Å². The van der Waals surface area contributed by atoms with Gasteiger partial charge in [0.2, 0.25) is 0 Å². The number of benzene rings is 2. The molecule has 0 saturated carbocycles. The van der Waals surface area contributed by atoms with Crippen LogP contribution < -0.4 is 4.90 Å². The van der Waals surface area contributed by atoms with E-state index in [0.29, 0.717) is 22.2 Å². The van der Waals surface area contributed by atoms with Gasteiger partial charge in [0.05, 0.1) is 5.52 Å². The predicted octanol–water partition coefficient (Wildman–Crippen LogP) is 3.87. The van der Waals surface area contributed by atoms with Gasteiger partial charge in [-0.15, -0.1) is 10.2 Å². The summed E-state index contributed by atoms with van der Waals surface area (Å²) in [6.45, 7) is 3.19. The SMILES string of the molecule is CN(c1cccc(C#CC(C)(C)S(C)(=O)=O)c1)c1nc2nncn2c2cc(Cl)ccc12. The molecule has 0 bridgehead atoms. The standard InChI is InChI=1S/C22H20ClN5O2S/c1-22(2,31(4,29)30)11-10-15-6-5-7-17(12-15)27(3)20-18-9-8-16(23)13-19(18)28-14-24-26-21(28)25-20/h5-9,12-14H,1-4H3. The van der Waals surface area contributed by atoms with E-state index in [0.717, 1.165) is 16.6 Å². The van der Waals surface area contributed by atoms with Crippen molar-refractivity contribution in [2.24, 2.45) is 0 Å². The lowest BCUT2D eigenvalue weighted by atomic mass is 10.1. The largest absolute Gasteiger partial charge is 0.329 e. The molecule has 0 amide bonds. The number of hydrogen-bond acceptors (Lipinski definition) is 6. The first-order chi connectivity index (χ1) is 14.6. The Morgan fingerprint density at radius 2 is 1.94 bits per heavy atom. The van der Waals surface area contributed by atoms with Crippen LogP contribution in [0.5, 0.6) is 0 Å². The van der Waals surface area contributed by atoms with Gasteiger partial charge in [-0.2, -0.15) is 4.98 Å². The molecule has 2 aromatic heterocycles. The van der Waals surface area contributed by atoms with Crippen LogP contribution in [0.1, 0.15) is 19.4 Å². The maximum atomic E-state index is 11.9. The Morgan fingerprint density at radius 1 is 1.16 bits per heavy atom. The van der Waals surface area contributed by atoms with Crippen molar-refractivity contribution >= 4 is 49.6 Å². The Morgan fingerprint density at radius 3 is 2.68 bits per heavy atom. The highest BCUT2D eigenvalue weighted by atomic mass is 35.5. The molecule has 9 heteroatoms. The number of nitrogens with zero attached hydrogens (tertiary/aromatic N) is 5. The summed E-state index contributed by atoms with van der Waals surface area (Å²) in [4.78, 5) is 6.60. The van der Waals surface area contributed by atoms with Gasteiger partial charge in [-0.1, -0.05) is 29.5 Å². The molecule has 158 valence electrons. The van der Waals surface area contributed by atoms with Crippen LogP contribution in [0, 0.1) is 11.8 Å². The zero-order chi connectivity index (χ0) is 22.4. The Bertz CT molecular complexity index is 1480. The van der Waals surface area contributed by atoms with Gasteiger partial charge in [0.1, 0.15) is 16.9 Å². The molecule has 0 aliphatic carbocycles. The highest BCUT2D eigenvalue weighted by Crippen LogP contribution is 2.31. The second-order valence-corrected chi connectivity index (χ2v) is 10.7. The number of anilines is 2. The average Bonchev–Trinajstić information content (AvgIpc) is 3.19. The van der Waals surface area contributed by atoms with Gasteiger partial charge in [0.25, 0.3) is 5.78 Å². The third-order valence-corrected chi connectivity index (χ3v) is 7.37. The highest BCUT2D eigenvalue weighted by Gasteiger charge is 2.27. The quantitative estimate of drug-likeness (QED) is 0.438. The number of aromatic nitrogens is 4. The van der Waals surface area contributed by atoms with Gasteiger partial charge in [-0.25, -0.2) is 8.42 Å². The average molecular weight is 454 g/mol. The summed E-state index contributed by atoms with van der Waals surface area (Å²) in [5.41, 5.74) is 2.39. The number of halogens is 1. The van der Waals surface area contributed by atoms with Crippen molar-refractivity contribution in [1.29, 1.82) is 0 Å². The van der Waals surface area contributed by atoms with Crippen LogP contribution in [-0.2, 0) is 9.84 Å². The van der Waals surface area contributed by atoms with Crippen molar-refractivity contribution in [2.75, 3.05) is 18.2 Å². The molecule has 0 atom stereocenters. The third-order valence-electron chi connectivity index (χ3n) is 5.18. The lowest BCUT2D eigenvalue weighted by Crippen LogP contribution is -2.28. The molecule has 0 unspecified atom stereocenters. The summed E-state index contributed by atoms with van der Waals surface area (Å²) in [6, 6.07) is 13.1. The van der Waals surface area contributed by atoms with Crippen molar-refractivity contribution in [3.05, 3.63) is 59.4 Å². The van der Waals surface area contributed by atoms with Crippen LogP contribution in [0.25, 0.3) is 16.7 Å². The molecule has 0 radical (unpaired) electrons. The lowest BCUT2D eigenvalue weighted by molar-refractivity contribution is 0.581. The summed E-state index contributed by atoms with van der Waals surface area (Å²) in [5, 5.41) is 9.53. The molecule has 31 heavy (non-hydrogen) atoms. The minimum Gasteiger partial charge on any atom is -0.329 e. The third kappa shape index (κ3) is 3.94. The van der Waals surface area contributed by atoms with Gasteiger partial charge >= 0.3 is 0 Å². The number of rotatable bonds is 3. The first-order valence-corrected chi connectivity index (χ1v) is 11.7. The lowest BCUT2D eigenvalue weighted by Gasteiger charge is -2.21. The number of sulfone groups is 1. The summed E-state index contributed by atoms with van der Waals surface area (Å²) in [5.74, 6) is 7.01. The molecule has 4 aromatic rings. The molecule has 0 spiro atoms. The first-order valence-electron chi connectivity index (χ1n) is 9.42. The van der Waals surface area contributed by atoms with Crippen LogP contribution in [-0.4, -0.2) is 46.1 Å². The second-order valence-electron chi connectivity index (χ2n) is 7.74. The van der Waals surface area contributed by atoms with Crippen LogP contribution in [0.3, 0.4) is 0 Å². The molecule has 0 saturated heterocycles. The molecular weight excluding hydrogens is 434 g/mol. The molecule has 0 fully saturated rings. The molecule has 7 nitrogen and oxygen atoms in total. The monoisotopic (exact) mass is 453 g/mol. The predicted molar refractivity (Wildman–Crippen MR) is 124 cm³/mol. The van der Waals surface area contributed by atoms with Gasteiger partial charge in [-0.3, -0.25) is 4.40 Å². The van der Waals surface area contributed by atoms with Crippen molar-refractivity contribution in [2.45, 2.75) is 18.6 Å². The summed E-state index contributed by atoms with van der Waals surface area (Å²) < 4.78 is 24.5. The minimum atomic E-state index is -3.31. The summed E-state index contributed by atoms with van der Waals surface area (Å²) in [7, 11) is -1.41. The van der Waals surface area contributed by atoms with E-state index in [9.17, 15) is 8.42 Å². The van der Waals surface area contributed by atoms with Crippen LogP contribution in [0.4, 0.5) is 11.5 Å². The van der Waals surface area contributed by atoms with Crippen molar-refractivity contribution in [3.8, 4) is 11.8 Å². The molecule has 0 aliphatic heterocycles. The van der Waals surface area contributed by atoms with Gasteiger partial charge in [0, 0.05) is 35.0 Å². The number of fused-ring (bicyclic) bond motifs is 3. The molecule has 2 aromatic carbocycles. The van der Waals surface area contributed by atoms with Crippen LogP contribution in [0.15, 0.2) is 48.8 Å². The minimum absolute atomic E-state index is 0.461. The van der Waals surface area contributed by atoms with E-state index < -0.39 is 14.6 Å². The van der Waals surface area contributed by atoms with Gasteiger partial charge < -0.3 is 4.90 Å². The fourth-order valence-electron chi connectivity index (χ4n) is 3.01. The second kappa shape index (κ2) is 7.52. The van der Waals surface area contributed by atoms with Gasteiger partial charge in [0.15, 0.2) is 9.84 Å². The van der Waals surface area contributed by atoms with Crippen molar-refractivity contribution < 1.29 is 8.42 Å². The zero-order valence-electron chi connectivity index (χ0n) is 17.5. The summed E-state index contributed by atoms with van der Waals surface area (Å²) >= 11 is 6.21. The first kappa shape index (κ1) is 21.1. The molecule has 4 rings (SSSR count). The van der Waals surface area contributed by atoms with Crippen molar-refractivity contribution in [1.82, 2.24) is 19.6 Å². The maximum absolute atomic E-state index is 11.9. The Labute approximate surface area is 185 Å². The van der Waals surface area contributed by atoms with Crippen molar-refractivity contribution in [3.63, 3.8) is 0 Å². The Balaban J connectivity index is 1.80. The van der Waals surface area contributed by atoms with E-state index in [2.05, 4.69) is 27.0 Å². The molecular formula is C22H20ClN5O2S. The van der Waals surface area contributed by atoms with E-state index in [1.807, 2.05) is 54.4 Å². The fraction of sp³-hybridized carbons (Fsp3) is 0.227. The Kier molecular flexibility index (Phi) is 5.12. The number of hydrogen-bond donors (Lipinski definition) is 0. The fourth-order valence-corrected chi connectivity index (χ4v) is 3.41. The van der Waals surface area contributed by atoms with Crippen LogP contribution in [0.2, 0.25) is 5.02 Å². The molecule has 0 aliphatic rings.